The summed E-state index contributed by atoms with van der Waals surface area (Å²) in [6.45, 7) is 1.82. The van der Waals surface area contributed by atoms with Crippen molar-refractivity contribution in [3.8, 4) is 0 Å². The number of hydrogen-bond acceptors (Lipinski definition) is 0. The largest absolute Gasteiger partial charge is 0.204 e. The van der Waals surface area contributed by atoms with Crippen molar-refractivity contribution in [3.05, 3.63) is 31.4 Å². The molecule has 0 heterocycles. The molecule has 0 N–H and O–H groups in total. The molecule has 0 spiro atoms. The molecule has 1 aromatic rings. The summed E-state index contributed by atoms with van der Waals surface area (Å²) < 4.78 is 13.7. The molecule has 1 rings (SSSR count). The lowest BCUT2D eigenvalue weighted by molar-refractivity contribution is 0.614. The van der Waals surface area contributed by atoms with E-state index >= 15 is 0 Å². The Morgan fingerprint density at radius 3 is 2.55 bits per heavy atom. The normalized spacial score (nSPS) is 10.3. The highest BCUT2D eigenvalue weighted by Crippen LogP contribution is 2.33. The van der Waals surface area contributed by atoms with Crippen LogP contribution in [0, 0.1) is 12.7 Å². The van der Waals surface area contributed by atoms with Crippen LogP contribution in [0.2, 0.25) is 5.02 Å². The van der Waals surface area contributed by atoms with Gasteiger partial charge in [0.15, 0.2) is 5.82 Å². The van der Waals surface area contributed by atoms with Gasteiger partial charge in [-0.15, -0.1) is 0 Å². The fraction of sp³-hybridized carbons (Fsp3) is 0.143. The Bertz CT molecular complexity index is 273. The van der Waals surface area contributed by atoms with Gasteiger partial charge in [0.2, 0.25) is 0 Å². The third-order valence-electron chi connectivity index (χ3n) is 1.28. The Labute approximate surface area is 86.0 Å². The summed E-state index contributed by atoms with van der Waals surface area (Å²) in [5, 5.41) is 0.422. The van der Waals surface area contributed by atoms with Crippen molar-refractivity contribution in [1.82, 2.24) is 0 Å². The quantitative estimate of drug-likeness (QED) is 0.495. The van der Waals surface area contributed by atoms with Gasteiger partial charge in [-0.05, 0) is 50.4 Å². The van der Waals surface area contributed by atoms with Gasteiger partial charge in [-0.1, -0.05) is 11.6 Å². The van der Waals surface area contributed by atoms with Crippen LogP contribution in [-0.2, 0) is 0 Å². The molecular weight excluding hydrogens is 298 g/mol. The molecule has 0 saturated heterocycles. The average molecular weight is 302 g/mol. The molecule has 0 aliphatic carbocycles. The highest BCUT2D eigenvalue weighted by Gasteiger charge is 2.10. The van der Waals surface area contributed by atoms with E-state index in [-0.39, 0.29) is 5.82 Å². The topological polar surface area (TPSA) is 0 Å². The first kappa shape index (κ1) is 9.49. The summed E-state index contributed by atoms with van der Waals surface area (Å²) in [5.41, 5.74) is 0.840. The van der Waals surface area contributed by atoms with E-state index < -0.39 is 0 Å². The van der Waals surface area contributed by atoms with Crippen molar-refractivity contribution >= 4 is 43.5 Å². The fourth-order valence-corrected chi connectivity index (χ4v) is 2.16. The molecule has 0 fully saturated rings. The maximum absolute atomic E-state index is 13.0. The van der Waals surface area contributed by atoms with E-state index in [0.29, 0.717) is 14.0 Å². The SMILES string of the molecule is Cc1cc(Br)c(F)c(Br)c1Cl. The van der Waals surface area contributed by atoms with Crippen molar-refractivity contribution < 1.29 is 4.39 Å². The van der Waals surface area contributed by atoms with Gasteiger partial charge in [-0.2, -0.15) is 0 Å². The van der Waals surface area contributed by atoms with E-state index in [1.165, 1.54) is 0 Å². The van der Waals surface area contributed by atoms with E-state index in [9.17, 15) is 4.39 Å². The van der Waals surface area contributed by atoms with Crippen LogP contribution in [0.4, 0.5) is 4.39 Å². The Morgan fingerprint density at radius 2 is 2.00 bits per heavy atom. The van der Waals surface area contributed by atoms with E-state index in [4.69, 9.17) is 11.6 Å². The molecule has 60 valence electrons. The third kappa shape index (κ3) is 1.76. The van der Waals surface area contributed by atoms with Crippen LogP contribution in [0.25, 0.3) is 0 Å². The first-order chi connectivity index (χ1) is 5.04. The highest BCUT2D eigenvalue weighted by molar-refractivity contribution is 9.11. The molecule has 0 nitrogen and oxygen atoms in total. The fourth-order valence-electron chi connectivity index (χ4n) is 0.691. The molecule has 0 bridgehead atoms. The molecular formula is C7H4Br2ClF. The summed E-state index contributed by atoms with van der Waals surface area (Å²) >= 11 is 11.9. The number of aryl methyl sites for hydroxylation is 1. The lowest BCUT2D eigenvalue weighted by Crippen LogP contribution is -1.84. The first-order valence-electron chi connectivity index (χ1n) is 2.83. The minimum absolute atomic E-state index is 0.311. The lowest BCUT2D eigenvalue weighted by atomic mass is 10.2. The van der Waals surface area contributed by atoms with Gasteiger partial charge in [0.05, 0.1) is 14.0 Å². The van der Waals surface area contributed by atoms with Crippen molar-refractivity contribution in [2.24, 2.45) is 0 Å². The highest BCUT2D eigenvalue weighted by atomic mass is 79.9. The summed E-state index contributed by atoms with van der Waals surface area (Å²) in [6, 6.07) is 1.64. The van der Waals surface area contributed by atoms with Crippen LogP contribution < -0.4 is 0 Å². The molecule has 0 amide bonds. The maximum atomic E-state index is 13.0. The first-order valence-corrected chi connectivity index (χ1v) is 4.80. The number of benzene rings is 1. The minimum atomic E-state index is -0.361. The van der Waals surface area contributed by atoms with Crippen molar-refractivity contribution in [1.29, 1.82) is 0 Å². The molecule has 0 aliphatic rings. The van der Waals surface area contributed by atoms with E-state index in [1.54, 1.807) is 6.07 Å². The summed E-state index contributed by atoms with van der Waals surface area (Å²) in [5.74, 6) is -0.361. The van der Waals surface area contributed by atoms with E-state index in [1.807, 2.05) is 6.92 Å². The van der Waals surface area contributed by atoms with Crippen LogP contribution in [0.15, 0.2) is 15.0 Å². The molecule has 0 aliphatic heterocycles. The minimum Gasteiger partial charge on any atom is -0.204 e. The summed E-state index contributed by atoms with van der Waals surface area (Å²) in [4.78, 5) is 0. The number of rotatable bonds is 0. The smallest absolute Gasteiger partial charge is 0.153 e. The van der Waals surface area contributed by atoms with Gasteiger partial charge in [-0.3, -0.25) is 0 Å². The van der Waals surface area contributed by atoms with Crippen LogP contribution in [0.5, 0.6) is 0 Å². The van der Waals surface area contributed by atoms with Crippen LogP contribution in [0.1, 0.15) is 5.56 Å². The van der Waals surface area contributed by atoms with Crippen molar-refractivity contribution in [2.45, 2.75) is 6.92 Å². The van der Waals surface area contributed by atoms with Gasteiger partial charge < -0.3 is 0 Å². The maximum Gasteiger partial charge on any atom is 0.153 e. The Morgan fingerprint density at radius 1 is 1.45 bits per heavy atom. The zero-order valence-corrected chi connectivity index (χ0v) is 9.52. The van der Waals surface area contributed by atoms with Crippen molar-refractivity contribution in [2.75, 3.05) is 0 Å². The molecule has 0 radical (unpaired) electrons. The van der Waals surface area contributed by atoms with Crippen LogP contribution >= 0.6 is 43.5 Å². The van der Waals surface area contributed by atoms with Gasteiger partial charge >= 0.3 is 0 Å². The zero-order chi connectivity index (χ0) is 8.59. The van der Waals surface area contributed by atoms with Crippen LogP contribution in [-0.4, -0.2) is 0 Å². The monoisotopic (exact) mass is 300 g/mol. The van der Waals surface area contributed by atoms with Gasteiger partial charge in [-0.25, -0.2) is 4.39 Å². The molecule has 0 aromatic heterocycles. The zero-order valence-electron chi connectivity index (χ0n) is 5.59. The molecule has 1 aromatic carbocycles. The lowest BCUT2D eigenvalue weighted by Gasteiger charge is -2.03. The van der Waals surface area contributed by atoms with E-state index in [0.717, 1.165) is 5.56 Å². The Balaban J connectivity index is 3.46. The molecule has 0 saturated carbocycles. The van der Waals surface area contributed by atoms with E-state index in [2.05, 4.69) is 31.9 Å². The summed E-state index contributed by atoms with van der Waals surface area (Å²) in [6.07, 6.45) is 0. The second-order valence-corrected chi connectivity index (χ2v) is 4.14. The van der Waals surface area contributed by atoms with Gasteiger partial charge in [0.25, 0.3) is 0 Å². The van der Waals surface area contributed by atoms with Crippen LogP contribution in [0.3, 0.4) is 0 Å². The third-order valence-corrected chi connectivity index (χ3v) is 3.32. The molecule has 11 heavy (non-hydrogen) atoms. The number of halogens is 4. The molecule has 0 unspecified atom stereocenters. The van der Waals surface area contributed by atoms with Gasteiger partial charge in [0.1, 0.15) is 0 Å². The molecule has 0 atom stereocenters. The van der Waals surface area contributed by atoms with Crippen molar-refractivity contribution in [3.63, 3.8) is 0 Å². The molecule has 4 heteroatoms. The standard InChI is InChI=1S/C7H4Br2ClF/c1-3-2-4(8)7(11)5(9)6(3)10/h2H,1H3. The average Bonchev–Trinajstić information content (AvgIpc) is 1.97. The predicted molar refractivity (Wildman–Crippen MR) is 51.5 cm³/mol. The second kappa shape index (κ2) is 3.42. The predicted octanol–water partition coefficient (Wildman–Crippen LogP) is 4.31. The Hall–Kier alpha value is 0.400. The second-order valence-electron chi connectivity index (χ2n) is 2.12. The Kier molecular flexibility index (Phi) is 2.95. The number of hydrogen-bond donors (Lipinski definition) is 0. The summed E-state index contributed by atoms with van der Waals surface area (Å²) in [7, 11) is 0. The van der Waals surface area contributed by atoms with Gasteiger partial charge in [0, 0.05) is 0 Å².